The van der Waals surface area contributed by atoms with E-state index in [1.807, 2.05) is 0 Å². The Balaban J connectivity index is 2.25. The average Bonchev–Trinajstić information content (AvgIpc) is 2.50. The Bertz CT molecular complexity index is 183. The Morgan fingerprint density at radius 1 is 1.69 bits per heavy atom. The van der Waals surface area contributed by atoms with Gasteiger partial charge in [-0.2, -0.15) is 0 Å². The molecule has 1 aliphatic heterocycles. The third kappa shape index (κ3) is 4.00. The van der Waals surface area contributed by atoms with Crippen molar-refractivity contribution in [2.24, 2.45) is 0 Å². The molecule has 2 N–H and O–H groups in total. The van der Waals surface area contributed by atoms with Gasteiger partial charge in [-0.15, -0.1) is 11.8 Å². The molecule has 13 heavy (non-hydrogen) atoms. The molecule has 0 aliphatic carbocycles. The maximum absolute atomic E-state index is 11.4. The smallest absolute Gasteiger partial charge is 0.233 e. The number of nitrogens with one attached hydrogen (secondary N) is 1. The summed E-state index contributed by atoms with van der Waals surface area (Å²) in [7, 11) is 0. The number of hydrogen-bond acceptors (Lipinski definition) is 3. The summed E-state index contributed by atoms with van der Waals surface area (Å²) in [6.07, 6.45) is 2.10. The van der Waals surface area contributed by atoms with Gasteiger partial charge in [-0.1, -0.05) is 0 Å². The molecule has 0 saturated carbocycles. The second-order valence-corrected chi connectivity index (χ2v) is 5.34. The molecular weight excluding hydrogens is 186 g/mol. The highest BCUT2D eigenvalue weighted by Gasteiger charge is 2.24. The maximum Gasteiger partial charge on any atom is 0.233 e. The van der Waals surface area contributed by atoms with Gasteiger partial charge in [0.15, 0.2) is 0 Å². The van der Waals surface area contributed by atoms with E-state index in [4.69, 9.17) is 0 Å². The fourth-order valence-electron chi connectivity index (χ4n) is 1.20. The molecule has 1 rings (SSSR count). The summed E-state index contributed by atoms with van der Waals surface area (Å²) < 4.78 is 0. The predicted molar refractivity (Wildman–Crippen MR) is 54.8 cm³/mol. The van der Waals surface area contributed by atoms with Crippen LogP contribution in [0.25, 0.3) is 0 Å². The highest BCUT2D eigenvalue weighted by atomic mass is 32.2. The lowest BCUT2D eigenvalue weighted by Crippen LogP contribution is -2.41. The van der Waals surface area contributed by atoms with Gasteiger partial charge in [-0.3, -0.25) is 4.79 Å². The predicted octanol–water partition coefficient (Wildman–Crippen LogP) is 0.769. The number of aliphatic hydroxyl groups is 1. The van der Waals surface area contributed by atoms with Gasteiger partial charge in [-0.25, -0.2) is 0 Å². The molecule has 3 nitrogen and oxygen atoms in total. The molecule has 0 bridgehead atoms. The van der Waals surface area contributed by atoms with Crippen molar-refractivity contribution in [1.82, 2.24) is 5.32 Å². The van der Waals surface area contributed by atoms with Crippen molar-refractivity contribution >= 4 is 17.7 Å². The van der Waals surface area contributed by atoms with Gasteiger partial charge >= 0.3 is 0 Å². The first-order valence-corrected chi connectivity index (χ1v) is 5.65. The molecule has 4 heteroatoms. The standard InChI is InChI=1S/C9H17NO2S/c1-9(2,12)6-10-8(11)7-4-3-5-13-7/h7,12H,3-6H2,1-2H3,(H,10,11). The molecule has 1 saturated heterocycles. The molecule has 76 valence electrons. The van der Waals surface area contributed by atoms with E-state index in [0.29, 0.717) is 6.54 Å². The summed E-state index contributed by atoms with van der Waals surface area (Å²) in [5.41, 5.74) is -0.807. The first kappa shape index (κ1) is 10.9. The molecule has 1 aliphatic rings. The molecule has 1 atom stereocenters. The van der Waals surface area contributed by atoms with Crippen molar-refractivity contribution in [2.45, 2.75) is 37.5 Å². The topological polar surface area (TPSA) is 49.3 Å². The van der Waals surface area contributed by atoms with E-state index in [1.54, 1.807) is 25.6 Å². The van der Waals surface area contributed by atoms with Gasteiger partial charge in [-0.05, 0) is 32.4 Å². The monoisotopic (exact) mass is 203 g/mol. The normalized spacial score (nSPS) is 23.2. The van der Waals surface area contributed by atoms with E-state index >= 15 is 0 Å². The van der Waals surface area contributed by atoms with Gasteiger partial charge in [0.2, 0.25) is 5.91 Å². The van der Waals surface area contributed by atoms with Gasteiger partial charge in [0, 0.05) is 6.54 Å². The SMILES string of the molecule is CC(C)(O)CNC(=O)C1CCCS1. The van der Waals surface area contributed by atoms with Crippen molar-refractivity contribution < 1.29 is 9.90 Å². The molecule has 1 heterocycles. The summed E-state index contributed by atoms with van der Waals surface area (Å²) in [6.45, 7) is 3.72. The lowest BCUT2D eigenvalue weighted by molar-refractivity contribution is -0.121. The number of hydrogen-bond donors (Lipinski definition) is 2. The Morgan fingerprint density at radius 2 is 2.38 bits per heavy atom. The molecule has 0 spiro atoms. The van der Waals surface area contributed by atoms with Crippen LogP contribution in [-0.4, -0.2) is 34.2 Å². The molecule has 0 aromatic carbocycles. The zero-order valence-corrected chi connectivity index (χ0v) is 8.99. The first-order chi connectivity index (χ1) is 5.99. The molecule has 0 aromatic rings. The summed E-state index contributed by atoms with van der Waals surface area (Å²) in [5, 5.41) is 12.3. The van der Waals surface area contributed by atoms with Crippen molar-refractivity contribution in [2.75, 3.05) is 12.3 Å². The van der Waals surface area contributed by atoms with Crippen LogP contribution < -0.4 is 5.32 Å². The summed E-state index contributed by atoms with van der Waals surface area (Å²) in [4.78, 5) is 11.4. The Labute approximate surface area is 83.3 Å². The first-order valence-electron chi connectivity index (χ1n) is 4.61. The lowest BCUT2D eigenvalue weighted by atomic mass is 10.1. The second-order valence-electron chi connectivity index (χ2n) is 4.03. The molecule has 1 amide bonds. The fourth-order valence-corrected chi connectivity index (χ4v) is 2.39. The molecule has 1 unspecified atom stereocenters. The number of carbonyl (C=O) groups is 1. The van der Waals surface area contributed by atoms with E-state index in [9.17, 15) is 9.90 Å². The second kappa shape index (κ2) is 4.33. The van der Waals surface area contributed by atoms with E-state index in [1.165, 1.54) is 0 Å². The van der Waals surface area contributed by atoms with Gasteiger partial charge < -0.3 is 10.4 Å². The van der Waals surface area contributed by atoms with Crippen molar-refractivity contribution in [3.63, 3.8) is 0 Å². The Hall–Kier alpha value is -0.220. The summed E-state index contributed by atoms with van der Waals surface area (Å²) in [6, 6.07) is 0. The van der Waals surface area contributed by atoms with Crippen LogP contribution in [0.1, 0.15) is 26.7 Å². The van der Waals surface area contributed by atoms with Gasteiger partial charge in [0.25, 0.3) is 0 Å². The third-order valence-electron chi connectivity index (χ3n) is 1.92. The third-order valence-corrected chi connectivity index (χ3v) is 3.29. The molecular formula is C9H17NO2S. The Morgan fingerprint density at radius 3 is 2.85 bits per heavy atom. The molecule has 0 radical (unpaired) electrons. The summed E-state index contributed by atoms with van der Waals surface area (Å²) in [5.74, 6) is 1.16. The maximum atomic E-state index is 11.4. The van der Waals surface area contributed by atoms with Crippen LogP contribution in [0.3, 0.4) is 0 Å². The Kier molecular flexibility index (Phi) is 3.62. The highest BCUT2D eigenvalue weighted by Crippen LogP contribution is 2.25. The van der Waals surface area contributed by atoms with Crippen LogP contribution in [0, 0.1) is 0 Å². The van der Waals surface area contributed by atoms with Crippen molar-refractivity contribution in [1.29, 1.82) is 0 Å². The van der Waals surface area contributed by atoms with E-state index in [2.05, 4.69) is 5.32 Å². The minimum Gasteiger partial charge on any atom is -0.389 e. The zero-order chi connectivity index (χ0) is 9.90. The quantitative estimate of drug-likeness (QED) is 0.712. The van der Waals surface area contributed by atoms with Crippen LogP contribution in [0.2, 0.25) is 0 Å². The van der Waals surface area contributed by atoms with Crippen LogP contribution in [-0.2, 0) is 4.79 Å². The van der Waals surface area contributed by atoms with Crippen LogP contribution in [0.5, 0.6) is 0 Å². The van der Waals surface area contributed by atoms with Gasteiger partial charge in [0.1, 0.15) is 0 Å². The number of carbonyl (C=O) groups excluding carboxylic acids is 1. The van der Waals surface area contributed by atoms with Crippen molar-refractivity contribution in [3.05, 3.63) is 0 Å². The van der Waals surface area contributed by atoms with Crippen molar-refractivity contribution in [3.8, 4) is 0 Å². The highest BCUT2D eigenvalue weighted by molar-refractivity contribution is 8.00. The van der Waals surface area contributed by atoms with Crippen LogP contribution in [0.15, 0.2) is 0 Å². The van der Waals surface area contributed by atoms with E-state index in [-0.39, 0.29) is 11.2 Å². The van der Waals surface area contributed by atoms with Crippen LogP contribution >= 0.6 is 11.8 Å². The molecule has 0 aromatic heterocycles. The fraction of sp³-hybridized carbons (Fsp3) is 0.889. The largest absolute Gasteiger partial charge is 0.389 e. The summed E-state index contributed by atoms with van der Waals surface area (Å²) >= 11 is 1.71. The van der Waals surface area contributed by atoms with E-state index < -0.39 is 5.60 Å². The average molecular weight is 203 g/mol. The number of amides is 1. The number of thioether (sulfide) groups is 1. The lowest BCUT2D eigenvalue weighted by Gasteiger charge is -2.19. The van der Waals surface area contributed by atoms with Gasteiger partial charge in [0.05, 0.1) is 10.9 Å². The molecule has 1 fully saturated rings. The number of rotatable bonds is 3. The zero-order valence-electron chi connectivity index (χ0n) is 8.17. The minimum atomic E-state index is -0.807. The van der Waals surface area contributed by atoms with E-state index in [0.717, 1.165) is 18.6 Å². The minimum absolute atomic E-state index is 0.0737. The van der Waals surface area contributed by atoms with Crippen LogP contribution in [0.4, 0.5) is 0 Å².